The Bertz CT molecular complexity index is 167. The Hall–Kier alpha value is -1.79. The number of carbonyl (C=O) groups excluding carboxylic acids is 3. The van der Waals surface area contributed by atoms with E-state index in [-0.39, 0.29) is 26.3 Å². The van der Waals surface area contributed by atoms with Crippen molar-refractivity contribution < 1.29 is 23.9 Å². The molecule has 0 radical (unpaired) electrons. The second kappa shape index (κ2) is 9.30. The molecule has 0 aliphatic rings. The van der Waals surface area contributed by atoms with Crippen LogP contribution in [0.3, 0.4) is 0 Å². The lowest BCUT2D eigenvalue weighted by Gasteiger charge is -2.04. The van der Waals surface area contributed by atoms with Crippen molar-refractivity contribution in [3.8, 4) is 0 Å². The molecule has 14 heavy (non-hydrogen) atoms. The maximum absolute atomic E-state index is 10.7. The molecule has 7 heteroatoms. The fraction of sp³-hybridized carbons (Fsp3) is 0.571. The first-order chi connectivity index (χ1) is 6.81. The average Bonchev–Trinajstić information content (AvgIpc) is 2.19. The highest BCUT2D eigenvalue weighted by Crippen LogP contribution is 1.83. The van der Waals surface area contributed by atoms with Gasteiger partial charge in [-0.3, -0.25) is 9.59 Å². The molecule has 0 atom stereocenters. The van der Waals surface area contributed by atoms with Gasteiger partial charge in [0.2, 0.25) is 12.8 Å². The molecular formula is C7H12N2O5. The van der Waals surface area contributed by atoms with E-state index in [1.807, 2.05) is 0 Å². The number of hydrogen-bond donors (Lipinski definition) is 2. The van der Waals surface area contributed by atoms with Gasteiger partial charge in [0, 0.05) is 0 Å². The molecule has 0 aliphatic heterocycles. The first kappa shape index (κ1) is 12.2. The summed E-state index contributed by atoms with van der Waals surface area (Å²) in [6.45, 7) is 0.591. The summed E-state index contributed by atoms with van der Waals surface area (Å²) in [5.41, 5.74) is 0. The van der Waals surface area contributed by atoms with Crippen molar-refractivity contribution in [3.63, 3.8) is 0 Å². The van der Waals surface area contributed by atoms with Crippen LogP contribution in [-0.2, 0) is 19.1 Å². The number of carbonyl (C=O) groups is 3. The Balaban J connectivity index is 3.19. The second-order valence-corrected chi connectivity index (χ2v) is 2.09. The summed E-state index contributed by atoms with van der Waals surface area (Å²) in [6.07, 6.45) is 0.177. The van der Waals surface area contributed by atoms with Gasteiger partial charge in [0.1, 0.15) is 13.2 Å². The van der Waals surface area contributed by atoms with Crippen LogP contribution in [0.25, 0.3) is 0 Å². The normalized spacial score (nSPS) is 8.57. The van der Waals surface area contributed by atoms with Crippen molar-refractivity contribution >= 4 is 19.0 Å². The highest BCUT2D eigenvalue weighted by molar-refractivity contribution is 5.59. The molecule has 0 aromatic carbocycles. The van der Waals surface area contributed by atoms with E-state index >= 15 is 0 Å². The predicted molar refractivity (Wildman–Crippen MR) is 45.4 cm³/mol. The van der Waals surface area contributed by atoms with Crippen molar-refractivity contribution in [3.05, 3.63) is 0 Å². The number of hydrogen-bond acceptors (Lipinski definition) is 5. The van der Waals surface area contributed by atoms with E-state index < -0.39 is 6.16 Å². The SMILES string of the molecule is O=CNCCOC(=O)OCCNC=O. The van der Waals surface area contributed by atoms with Crippen molar-refractivity contribution in [2.75, 3.05) is 26.3 Å². The van der Waals surface area contributed by atoms with Crippen LogP contribution in [0.5, 0.6) is 0 Å². The number of amides is 2. The molecule has 0 rings (SSSR count). The van der Waals surface area contributed by atoms with Crippen molar-refractivity contribution in [1.82, 2.24) is 10.6 Å². The maximum atomic E-state index is 10.7. The van der Waals surface area contributed by atoms with Gasteiger partial charge in [-0.1, -0.05) is 0 Å². The summed E-state index contributed by atoms with van der Waals surface area (Å²) < 4.78 is 9.05. The zero-order valence-corrected chi connectivity index (χ0v) is 7.52. The zero-order chi connectivity index (χ0) is 10.6. The van der Waals surface area contributed by atoms with E-state index in [2.05, 4.69) is 20.1 Å². The van der Waals surface area contributed by atoms with Gasteiger partial charge in [-0.2, -0.15) is 0 Å². The lowest BCUT2D eigenvalue weighted by molar-refractivity contribution is -0.110. The Morgan fingerprint density at radius 3 is 1.79 bits per heavy atom. The monoisotopic (exact) mass is 204 g/mol. The highest BCUT2D eigenvalue weighted by Gasteiger charge is 2.01. The quantitative estimate of drug-likeness (QED) is 0.289. The molecule has 0 aliphatic carbocycles. The Labute approximate surface area is 80.7 Å². The lowest BCUT2D eigenvalue weighted by atomic mass is 10.7. The minimum Gasteiger partial charge on any atom is -0.432 e. The van der Waals surface area contributed by atoms with E-state index in [4.69, 9.17) is 0 Å². The molecule has 2 N–H and O–H groups in total. The number of nitrogens with one attached hydrogen (secondary N) is 2. The van der Waals surface area contributed by atoms with Crippen LogP contribution >= 0.6 is 0 Å². The van der Waals surface area contributed by atoms with E-state index in [9.17, 15) is 14.4 Å². The van der Waals surface area contributed by atoms with Crippen LogP contribution in [0.2, 0.25) is 0 Å². The molecule has 0 spiro atoms. The second-order valence-electron chi connectivity index (χ2n) is 2.09. The molecule has 7 nitrogen and oxygen atoms in total. The fourth-order valence-electron chi connectivity index (χ4n) is 0.546. The van der Waals surface area contributed by atoms with Crippen molar-refractivity contribution in [2.45, 2.75) is 0 Å². The minimum absolute atomic E-state index is 0.0542. The molecule has 0 saturated carbocycles. The Morgan fingerprint density at radius 1 is 1.00 bits per heavy atom. The molecule has 0 heterocycles. The minimum atomic E-state index is -0.828. The van der Waals surface area contributed by atoms with Crippen LogP contribution < -0.4 is 10.6 Å². The van der Waals surface area contributed by atoms with Gasteiger partial charge in [0.15, 0.2) is 0 Å². The van der Waals surface area contributed by atoms with Crippen molar-refractivity contribution in [2.24, 2.45) is 0 Å². The summed E-state index contributed by atoms with van der Waals surface area (Å²) >= 11 is 0. The number of rotatable bonds is 8. The van der Waals surface area contributed by atoms with E-state index in [0.717, 1.165) is 0 Å². The zero-order valence-electron chi connectivity index (χ0n) is 7.52. The van der Waals surface area contributed by atoms with E-state index in [0.29, 0.717) is 12.8 Å². The first-order valence-electron chi connectivity index (χ1n) is 3.95. The summed E-state index contributed by atoms with van der Waals surface area (Å²) in [4.78, 5) is 30.2. The lowest BCUT2D eigenvalue weighted by Crippen LogP contribution is -2.23. The van der Waals surface area contributed by atoms with Gasteiger partial charge in [0.25, 0.3) is 0 Å². The number of ether oxygens (including phenoxy) is 2. The van der Waals surface area contributed by atoms with E-state index in [1.54, 1.807) is 0 Å². The van der Waals surface area contributed by atoms with Crippen molar-refractivity contribution in [1.29, 1.82) is 0 Å². The topological polar surface area (TPSA) is 93.7 Å². The molecule has 0 unspecified atom stereocenters. The summed E-state index contributed by atoms with van der Waals surface area (Å²) in [5, 5.41) is 4.62. The molecule has 0 aromatic heterocycles. The van der Waals surface area contributed by atoms with Gasteiger partial charge < -0.3 is 20.1 Å². The van der Waals surface area contributed by atoms with Gasteiger partial charge >= 0.3 is 6.16 Å². The largest absolute Gasteiger partial charge is 0.508 e. The molecule has 0 bridgehead atoms. The highest BCUT2D eigenvalue weighted by atomic mass is 16.7. The fourth-order valence-corrected chi connectivity index (χ4v) is 0.546. The van der Waals surface area contributed by atoms with Crippen LogP contribution in [-0.4, -0.2) is 45.3 Å². The van der Waals surface area contributed by atoms with Crippen LogP contribution in [0.15, 0.2) is 0 Å². The predicted octanol–water partition coefficient (Wildman–Crippen LogP) is -1.37. The first-order valence-corrected chi connectivity index (χ1v) is 3.95. The summed E-state index contributed by atoms with van der Waals surface area (Å²) in [5.74, 6) is 0. The molecular weight excluding hydrogens is 192 g/mol. The Kier molecular flexibility index (Phi) is 8.11. The summed E-state index contributed by atoms with van der Waals surface area (Å²) in [6, 6.07) is 0. The molecule has 2 amide bonds. The summed E-state index contributed by atoms with van der Waals surface area (Å²) in [7, 11) is 0. The standard InChI is InChI=1S/C7H12N2O5/c10-5-8-1-3-13-7(12)14-4-2-9-6-11/h5-6H,1-4H2,(H,8,10)(H,9,11). The molecule has 0 aromatic rings. The smallest absolute Gasteiger partial charge is 0.432 e. The van der Waals surface area contributed by atoms with Gasteiger partial charge in [0.05, 0.1) is 13.1 Å². The molecule has 0 saturated heterocycles. The average molecular weight is 204 g/mol. The third-order valence-corrected chi connectivity index (χ3v) is 1.10. The molecule has 0 fully saturated rings. The third kappa shape index (κ3) is 8.31. The van der Waals surface area contributed by atoms with Crippen LogP contribution in [0.4, 0.5) is 4.79 Å². The Morgan fingerprint density at radius 2 is 1.43 bits per heavy atom. The van der Waals surface area contributed by atoms with Crippen LogP contribution in [0, 0.1) is 0 Å². The van der Waals surface area contributed by atoms with Crippen LogP contribution in [0.1, 0.15) is 0 Å². The van der Waals surface area contributed by atoms with Gasteiger partial charge in [-0.25, -0.2) is 4.79 Å². The maximum Gasteiger partial charge on any atom is 0.508 e. The van der Waals surface area contributed by atoms with Gasteiger partial charge in [-0.05, 0) is 0 Å². The third-order valence-electron chi connectivity index (χ3n) is 1.10. The molecule has 80 valence electrons. The van der Waals surface area contributed by atoms with Gasteiger partial charge in [-0.15, -0.1) is 0 Å². The van der Waals surface area contributed by atoms with E-state index in [1.165, 1.54) is 0 Å².